The van der Waals surface area contributed by atoms with Crippen molar-refractivity contribution in [3.05, 3.63) is 36.7 Å². The van der Waals surface area contributed by atoms with Gasteiger partial charge in [0.15, 0.2) is 0 Å². The standard InChI is InChI=1S/C12H15N3O2/c13-7-10(16)8-17-11-3-1-9(2-4-11)12-14-5-6-15-12/h1-6,10,16H,7-8,13H2,(H,14,15). The van der Waals surface area contributed by atoms with Crippen molar-refractivity contribution in [1.82, 2.24) is 9.97 Å². The van der Waals surface area contributed by atoms with Gasteiger partial charge in [-0.3, -0.25) is 0 Å². The molecule has 1 unspecified atom stereocenters. The Hall–Kier alpha value is -1.85. The Bertz CT molecular complexity index is 439. The van der Waals surface area contributed by atoms with Crippen molar-refractivity contribution in [3.63, 3.8) is 0 Å². The van der Waals surface area contributed by atoms with Crippen molar-refractivity contribution >= 4 is 0 Å². The van der Waals surface area contributed by atoms with Gasteiger partial charge in [-0.05, 0) is 24.3 Å². The van der Waals surface area contributed by atoms with E-state index >= 15 is 0 Å². The molecule has 0 aliphatic heterocycles. The Morgan fingerprint density at radius 3 is 2.71 bits per heavy atom. The fourth-order valence-electron chi connectivity index (χ4n) is 1.39. The SMILES string of the molecule is NCC(O)COc1ccc(-c2ncc[nH]2)cc1. The number of aliphatic hydroxyl groups is 1. The van der Waals surface area contributed by atoms with Crippen LogP contribution in [0.4, 0.5) is 0 Å². The molecule has 5 nitrogen and oxygen atoms in total. The summed E-state index contributed by atoms with van der Waals surface area (Å²) in [7, 11) is 0. The first kappa shape index (κ1) is 11.6. The molecule has 17 heavy (non-hydrogen) atoms. The molecule has 0 radical (unpaired) electrons. The zero-order valence-corrected chi connectivity index (χ0v) is 9.34. The number of benzene rings is 1. The maximum atomic E-state index is 9.26. The van der Waals surface area contributed by atoms with Crippen LogP contribution in [-0.4, -0.2) is 34.3 Å². The van der Waals surface area contributed by atoms with Crippen LogP contribution in [0.25, 0.3) is 11.4 Å². The number of nitrogens with zero attached hydrogens (tertiary/aromatic N) is 1. The molecule has 0 spiro atoms. The van der Waals surface area contributed by atoms with Gasteiger partial charge in [-0.15, -0.1) is 0 Å². The molecule has 0 saturated carbocycles. The summed E-state index contributed by atoms with van der Waals surface area (Å²) in [5.74, 6) is 1.52. The first-order valence-corrected chi connectivity index (χ1v) is 5.40. The molecule has 4 N–H and O–H groups in total. The normalized spacial score (nSPS) is 12.4. The summed E-state index contributed by atoms with van der Waals surface area (Å²) >= 11 is 0. The summed E-state index contributed by atoms with van der Waals surface area (Å²) in [5, 5.41) is 9.26. The number of aromatic nitrogens is 2. The van der Waals surface area contributed by atoms with Crippen molar-refractivity contribution in [2.75, 3.05) is 13.2 Å². The molecule has 0 aliphatic rings. The van der Waals surface area contributed by atoms with E-state index in [4.69, 9.17) is 10.5 Å². The van der Waals surface area contributed by atoms with Gasteiger partial charge in [0.2, 0.25) is 0 Å². The lowest BCUT2D eigenvalue weighted by Crippen LogP contribution is -2.26. The van der Waals surface area contributed by atoms with Crippen LogP contribution in [-0.2, 0) is 0 Å². The van der Waals surface area contributed by atoms with Crippen LogP contribution in [0.2, 0.25) is 0 Å². The predicted molar refractivity (Wildman–Crippen MR) is 64.6 cm³/mol. The fourth-order valence-corrected chi connectivity index (χ4v) is 1.39. The third-order valence-corrected chi connectivity index (χ3v) is 2.34. The van der Waals surface area contributed by atoms with Crippen LogP contribution >= 0.6 is 0 Å². The van der Waals surface area contributed by atoms with Gasteiger partial charge in [0.25, 0.3) is 0 Å². The molecule has 0 amide bonds. The van der Waals surface area contributed by atoms with E-state index in [-0.39, 0.29) is 13.2 Å². The summed E-state index contributed by atoms with van der Waals surface area (Å²) in [6.45, 7) is 0.404. The average molecular weight is 233 g/mol. The van der Waals surface area contributed by atoms with Gasteiger partial charge in [-0.25, -0.2) is 4.98 Å². The second-order valence-electron chi connectivity index (χ2n) is 3.66. The number of rotatable bonds is 5. The quantitative estimate of drug-likeness (QED) is 0.712. The molecule has 1 atom stereocenters. The summed E-state index contributed by atoms with van der Waals surface area (Å²) < 4.78 is 5.37. The molecule has 2 aromatic rings. The molecular weight excluding hydrogens is 218 g/mol. The molecule has 1 heterocycles. The third kappa shape index (κ3) is 3.05. The molecule has 1 aromatic heterocycles. The van der Waals surface area contributed by atoms with E-state index < -0.39 is 6.10 Å². The minimum absolute atomic E-state index is 0.199. The first-order chi connectivity index (χ1) is 8.29. The molecule has 0 saturated heterocycles. The first-order valence-electron chi connectivity index (χ1n) is 5.40. The second-order valence-corrected chi connectivity index (χ2v) is 3.66. The van der Waals surface area contributed by atoms with E-state index in [2.05, 4.69) is 9.97 Å². The zero-order valence-electron chi connectivity index (χ0n) is 9.34. The Labute approximate surface area is 99.3 Å². The molecular formula is C12H15N3O2. The van der Waals surface area contributed by atoms with E-state index in [1.54, 1.807) is 12.4 Å². The van der Waals surface area contributed by atoms with Gasteiger partial charge in [0.05, 0.1) is 0 Å². The van der Waals surface area contributed by atoms with Crippen molar-refractivity contribution in [2.24, 2.45) is 5.73 Å². The van der Waals surface area contributed by atoms with Crippen LogP contribution in [0, 0.1) is 0 Å². The zero-order chi connectivity index (χ0) is 12.1. The maximum Gasteiger partial charge on any atom is 0.137 e. The molecule has 0 bridgehead atoms. The molecule has 1 aromatic carbocycles. The van der Waals surface area contributed by atoms with Crippen LogP contribution < -0.4 is 10.5 Å². The highest BCUT2D eigenvalue weighted by atomic mass is 16.5. The van der Waals surface area contributed by atoms with Gasteiger partial charge in [-0.2, -0.15) is 0 Å². The third-order valence-electron chi connectivity index (χ3n) is 2.34. The van der Waals surface area contributed by atoms with E-state index in [1.165, 1.54) is 0 Å². The molecule has 90 valence electrons. The Balaban J connectivity index is 1.99. The number of nitrogens with one attached hydrogen (secondary N) is 1. The summed E-state index contributed by atoms with van der Waals surface area (Å²) in [5.41, 5.74) is 6.27. The van der Waals surface area contributed by atoms with Crippen LogP contribution in [0.1, 0.15) is 0 Å². The monoisotopic (exact) mass is 233 g/mol. The van der Waals surface area contributed by atoms with Gasteiger partial charge >= 0.3 is 0 Å². The number of H-pyrrole nitrogens is 1. The highest BCUT2D eigenvalue weighted by Gasteiger charge is 2.03. The lowest BCUT2D eigenvalue weighted by Gasteiger charge is -2.10. The minimum Gasteiger partial charge on any atom is -0.491 e. The van der Waals surface area contributed by atoms with Crippen molar-refractivity contribution in [2.45, 2.75) is 6.10 Å². The molecule has 5 heteroatoms. The van der Waals surface area contributed by atoms with Crippen LogP contribution in [0.5, 0.6) is 5.75 Å². The number of hydrogen-bond acceptors (Lipinski definition) is 4. The van der Waals surface area contributed by atoms with Crippen LogP contribution in [0.15, 0.2) is 36.7 Å². The minimum atomic E-state index is -0.625. The Morgan fingerprint density at radius 1 is 1.35 bits per heavy atom. The smallest absolute Gasteiger partial charge is 0.137 e. The average Bonchev–Trinajstić information content (AvgIpc) is 2.90. The highest BCUT2D eigenvalue weighted by molar-refractivity contribution is 5.55. The van der Waals surface area contributed by atoms with Gasteiger partial charge in [-0.1, -0.05) is 0 Å². The highest BCUT2D eigenvalue weighted by Crippen LogP contribution is 2.19. The number of imidazole rings is 1. The lowest BCUT2D eigenvalue weighted by atomic mass is 10.2. The van der Waals surface area contributed by atoms with Crippen molar-refractivity contribution in [1.29, 1.82) is 0 Å². The molecule has 0 fully saturated rings. The number of hydrogen-bond donors (Lipinski definition) is 3. The van der Waals surface area contributed by atoms with E-state index in [9.17, 15) is 5.11 Å². The largest absolute Gasteiger partial charge is 0.491 e. The Kier molecular flexibility index (Phi) is 3.74. The predicted octanol–water partition coefficient (Wildman–Crippen LogP) is 0.775. The molecule has 2 rings (SSSR count). The number of nitrogens with two attached hydrogens (primary N) is 1. The van der Waals surface area contributed by atoms with Gasteiger partial charge in [0.1, 0.15) is 24.3 Å². The molecule has 0 aliphatic carbocycles. The van der Waals surface area contributed by atoms with Crippen molar-refractivity contribution < 1.29 is 9.84 Å². The van der Waals surface area contributed by atoms with E-state index in [0.29, 0.717) is 5.75 Å². The number of aromatic amines is 1. The maximum absolute atomic E-state index is 9.26. The summed E-state index contributed by atoms with van der Waals surface area (Å²) in [6.07, 6.45) is 2.86. The lowest BCUT2D eigenvalue weighted by molar-refractivity contribution is 0.114. The van der Waals surface area contributed by atoms with Crippen molar-refractivity contribution in [3.8, 4) is 17.1 Å². The van der Waals surface area contributed by atoms with Gasteiger partial charge in [0, 0.05) is 24.5 Å². The summed E-state index contributed by atoms with van der Waals surface area (Å²) in [4.78, 5) is 7.17. The van der Waals surface area contributed by atoms with E-state index in [0.717, 1.165) is 11.4 Å². The van der Waals surface area contributed by atoms with Crippen LogP contribution in [0.3, 0.4) is 0 Å². The fraction of sp³-hybridized carbons (Fsp3) is 0.250. The number of ether oxygens (including phenoxy) is 1. The van der Waals surface area contributed by atoms with E-state index in [1.807, 2.05) is 24.3 Å². The Morgan fingerprint density at radius 2 is 2.12 bits per heavy atom. The summed E-state index contributed by atoms with van der Waals surface area (Å²) in [6, 6.07) is 7.48. The number of aliphatic hydroxyl groups excluding tert-OH is 1. The van der Waals surface area contributed by atoms with Gasteiger partial charge < -0.3 is 20.6 Å². The topological polar surface area (TPSA) is 84.2 Å². The second kappa shape index (κ2) is 5.47.